The van der Waals surface area contributed by atoms with Gasteiger partial charge in [0.25, 0.3) is 0 Å². The first-order chi connectivity index (χ1) is 13.5. The summed E-state index contributed by atoms with van der Waals surface area (Å²) in [6.07, 6.45) is 0. The van der Waals surface area contributed by atoms with Crippen LogP contribution < -0.4 is 10.1 Å². The maximum atomic E-state index is 12.3. The number of hydrogen-bond donors (Lipinski definition) is 1. The minimum atomic E-state index is -0.00936. The Bertz CT molecular complexity index is 791. The van der Waals surface area contributed by atoms with Crippen LogP contribution in [0.25, 0.3) is 0 Å². The van der Waals surface area contributed by atoms with E-state index in [9.17, 15) is 4.79 Å². The Morgan fingerprint density at radius 3 is 2.43 bits per heavy atom. The number of amides is 1. The summed E-state index contributed by atoms with van der Waals surface area (Å²) in [7, 11) is 0. The predicted molar refractivity (Wildman–Crippen MR) is 115 cm³/mol. The first-order valence-electron chi connectivity index (χ1n) is 9.39. The van der Waals surface area contributed by atoms with Crippen LogP contribution in [0.5, 0.6) is 5.75 Å². The molecule has 1 N–H and O–H groups in total. The average molecular weight is 422 g/mol. The summed E-state index contributed by atoms with van der Waals surface area (Å²) in [6.45, 7) is 7.37. The third-order valence-electron chi connectivity index (χ3n) is 4.86. The molecule has 0 spiro atoms. The second kappa shape index (κ2) is 10.1. The van der Waals surface area contributed by atoms with Gasteiger partial charge in [0.1, 0.15) is 12.4 Å². The highest BCUT2D eigenvalue weighted by Crippen LogP contribution is 2.22. The van der Waals surface area contributed by atoms with Gasteiger partial charge in [0, 0.05) is 48.5 Å². The van der Waals surface area contributed by atoms with Crippen molar-refractivity contribution < 1.29 is 9.53 Å². The van der Waals surface area contributed by atoms with Gasteiger partial charge in [-0.3, -0.25) is 14.6 Å². The normalized spacial score (nSPS) is 15.4. The van der Waals surface area contributed by atoms with Crippen molar-refractivity contribution in [3.8, 4) is 5.75 Å². The van der Waals surface area contributed by atoms with Gasteiger partial charge >= 0.3 is 0 Å². The van der Waals surface area contributed by atoms with Crippen molar-refractivity contribution in [1.82, 2.24) is 9.80 Å². The summed E-state index contributed by atoms with van der Waals surface area (Å²) in [6, 6.07) is 12.9. The van der Waals surface area contributed by atoms with Crippen molar-refractivity contribution >= 4 is 34.8 Å². The van der Waals surface area contributed by atoms with Gasteiger partial charge in [-0.1, -0.05) is 29.3 Å². The molecule has 1 amide bonds. The van der Waals surface area contributed by atoms with Crippen LogP contribution in [-0.4, -0.2) is 61.6 Å². The standard InChI is InChI=1S/C21H25Cl2N3O2/c1-16-19(23)3-2-4-20(16)24-21(27)15-26-11-9-25(10-12-26)13-14-28-18-7-5-17(22)6-8-18/h2-8H,9-15H2,1H3,(H,24,27). The minimum Gasteiger partial charge on any atom is -0.492 e. The monoisotopic (exact) mass is 421 g/mol. The minimum absolute atomic E-state index is 0.00936. The van der Waals surface area contributed by atoms with E-state index in [-0.39, 0.29) is 5.91 Å². The van der Waals surface area contributed by atoms with Crippen LogP contribution in [0.1, 0.15) is 5.56 Å². The molecule has 3 rings (SSSR count). The fraction of sp³-hybridized carbons (Fsp3) is 0.381. The molecule has 2 aromatic rings. The quantitative estimate of drug-likeness (QED) is 0.735. The van der Waals surface area contributed by atoms with Crippen molar-refractivity contribution in [3.63, 3.8) is 0 Å². The molecule has 0 bridgehead atoms. The molecule has 1 aliphatic heterocycles. The van der Waals surface area contributed by atoms with Crippen molar-refractivity contribution in [1.29, 1.82) is 0 Å². The molecule has 0 aromatic heterocycles. The Labute approximate surface area is 176 Å². The van der Waals surface area contributed by atoms with Gasteiger partial charge in [0.05, 0.1) is 6.54 Å². The van der Waals surface area contributed by atoms with Gasteiger partial charge in [0.2, 0.25) is 5.91 Å². The molecular formula is C21H25Cl2N3O2. The molecule has 0 saturated carbocycles. The Balaban J connectivity index is 1.36. The van der Waals surface area contributed by atoms with E-state index in [1.54, 1.807) is 0 Å². The van der Waals surface area contributed by atoms with E-state index in [4.69, 9.17) is 27.9 Å². The van der Waals surface area contributed by atoms with E-state index in [0.717, 1.165) is 49.7 Å². The van der Waals surface area contributed by atoms with Crippen LogP contribution in [0.2, 0.25) is 10.0 Å². The largest absolute Gasteiger partial charge is 0.492 e. The summed E-state index contributed by atoms with van der Waals surface area (Å²) in [5.74, 6) is 0.820. The molecule has 1 aliphatic rings. The fourth-order valence-electron chi connectivity index (χ4n) is 3.13. The van der Waals surface area contributed by atoms with E-state index < -0.39 is 0 Å². The third-order valence-corrected chi connectivity index (χ3v) is 5.53. The summed E-state index contributed by atoms with van der Waals surface area (Å²) >= 11 is 12.0. The SMILES string of the molecule is Cc1c(Cl)cccc1NC(=O)CN1CCN(CCOc2ccc(Cl)cc2)CC1. The molecule has 0 radical (unpaired) electrons. The molecular weight excluding hydrogens is 397 g/mol. The van der Waals surface area contributed by atoms with Crippen LogP contribution in [0, 0.1) is 6.92 Å². The van der Waals surface area contributed by atoms with Crippen molar-refractivity contribution in [2.75, 3.05) is 51.2 Å². The first-order valence-corrected chi connectivity index (χ1v) is 10.1. The number of carbonyl (C=O) groups excluding carboxylic acids is 1. The summed E-state index contributed by atoms with van der Waals surface area (Å²) in [5, 5.41) is 4.32. The number of benzene rings is 2. The molecule has 28 heavy (non-hydrogen) atoms. The summed E-state index contributed by atoms with van der Waals surface area (Å²) in [5.41, 5.74) is 1.67. The summed E-state index contributed by atoms with van der Waals surface area (Å²) in [4.78, 5) is 16.9. The Morgan fingerprint density at radius 1 is 1.04 bits per heavy atom. The highest BCUT2D eigenvalue weighted by atomic mass is 35.5. The van der Waals surface area contributed by atoms with Gasteiger partial charge < -0.3 is 10.1 Å². The smallest absolute Gasteiger partial charge is 0.238 e. The second-order valence-corrected chi connectivity index (χ2v) is 7.72. The molecule has 1 heterocycles. The number of nitrogens with one attached hydrogen (secondary N) is 1. The molecule has 5 nitrogen and oxygen atoms in total. The van der Waals surface area contributed by atoms with Gasteiger partial charge in [-0.15, -0.1) is 0 Å². The molecule has 2 aromatic carbocycles. The highest BCUT2D eigenvalue weighted by molar-refractivity contribution is 6.31. The highest BCUT2D eigenvalue weighted by Gasteiger charge is 2.19. The lowest BCUT2D eigenvalue weighted by Crippen LogP contribution is -2.49. The Hall–Kier alpha value is -1.79. The van der Waals surface area contributed by atoms with Gasteiger partial charge in [-0.2, -0.15) is 0 Å². The van der Waals surface area contributed by atoms with Crippen molar-refractivity contribution in [3.05, 3.63) is 58.1 Å². The molecule has 0 aliphatic carbocycles. The van der Waals surface area contributed by atoms with E-state index in [0.29, 0.717) is 23.2 Å². The first kappa shape index (κ1) is 20.9. The lowest BCUT2D eigenvalue weighted by atomic mass is 10.2. The Morgan fingerprint density at radius 2 is 1.71 bits per heavy atom. The molecule has 1 saturated heterocycles. The average Bonchev–Trinajstić information content (AvgIpc) is 2.68. The van der Waals surface area contributed by atoms with Crippen LogP contribution in [0.15, 0.2) is 42.5 Å². The maximum Gasteiger partial charge on any atom is 0.238 e. The number of rotatable bonds is 7. The molecule has 150 valence electrons. The van der Waals surface area contributed by atoms with Crippen molar-refractivity contribution in [2.24, 2.45) is 0 Å². The third kappa shape index (κ3) is 6.11. The topological polar surface area (TPSA) is 44.8 Å². The molecule has 1 fully saturated rings. The van der Waals surface area contributed by atoms with E-state index in [1.807, 2.05) is 49.4 Å². The second-order valence-electron chi connectivity index (χ2n) is 6.88. The van der Waals surface area contributed by atoms with Gasteiger partial charge in [-0.05, 0) is 48.9 Å². The number of nitrogens with zero attached hydrogens (tertiary/aromatic N) is 2. The van der Waals surface area contributed by atoms with Gasteiger partial charge in [0.15, 0.2) is 0 Å². The number of ether oxygens (including phenoxy) is 1. The zero-order chi connectivity index (χ0) is 19.9. The zero-order valence-electron chi connectivity index (χ0n) is 16.0. The molecule has 0 atom stereocenters. The van der Waals surface area contributed by atoms with Gasteiger partial charge in [-0.25, -0.2) is 0 Å². The van der Waals surface area contributed by atoms with Crippen molar-refractivity contribution in [2.45, 2.75) is 6.92 Å². The van der Waals surface area contributed by atoms with E-state index in [1.165, 1.54) is 0 Å². The van der Waals surface area contributed by atoms with Crippen LogP contribution in [0.4, 0.5) is 5.69 Å². The number of halogens is 2. The maximum absolute atomic E-state index is 12.3. The molecule has 0 unspecified atom stereocenters. The summed E-state index contributed by atoms with van der Waals surface area (Å²) < 4.78 is 5.75. The van der Waals surface area contributed by atoms with E-state index >= 15 is 0 Å². The van der Waals surface area contributed by atoms with Crippen LogP contribution >= 0.6 is 23.2 Å². The predicted octanol–water partition coefficient (Wildman–Crippen LogP) is 3.94. The fourth-order valence-corrected chi connectivity index (χ4v) is 3.43. The van der Waals surface area contributed by atoms with E-state index in [2.05, 4.69) is 15.1 Å². The lowest BCUT2D eigenvalue weighted by molar-refractivity contribution is -0.117. The Kier molecular flexibility index (Phi) is 7.57. The number of anilines is 1. The lowest BCUT2D eigenvalue weighted by Gasteiger charge is -2.34. The number of piperazine rings is 1. The number of carbonyl (C=O) groups is 1. The van der Waals surface area contributed by atoms with Crippen LogP contribution in [-0.2, 0) is 4.79 Å². The molecule has 7 heteroatoms. The zero-order valence-corrected chi connectivity index (χ0v) is 17.5. The number of hydrogen-bond acceptors (Lipinski definition) is 4. The van der Waals surface area contributed by atoms with Crippen LogP contribution in [0.3, 0.4) is 0 Å².